The average Bonchev–Trinajstić information content (AvgIpc) is 2.34. The minimum atomic E-state index is -0.462. The first kappa shape index (κ1) is 16.0. The van der Waals surface area contributed by atoms with Gasteiger partial charge < -0.3 is 15.6 Å². The molecule has 0 saturated carbocycles. The highest BCUT2D eigenvalue weighted by Gasteiger charge is 2.15. The molecule has 0 aromatic heterocycles. The van der Waals surface area contributed by atoms with Crippen molar-refractivity contribution in [1.82, 2.24) is 0 Å². The molecule has 1 aromatic rings. The number of benzene rings is 1. The van der Waals surface area contributed by atoms with Crippen molar-refractivity contribution < 1.29 is 9.84 Å². The number of rotatable bonds is 7. The van der Waals surface area contributed by atoms with Crippen molar-refractivity contribution in [2.45, 2.75) is 52.5 Å². The van der Waals surface area contributed by atoms with E-state index in [1.165, 1.54) is 16.7 Å². The van der Waals surface area contributed by atoms with E-state index in [0.717, 1.165) is 25.0 Å². The summed E-state index contributed by atoms with van der Waals surface area (Å²) < 4.78 is 5.84. The van der Waals surface area contributed by atoms with Crippen LogP contribution >= 0.6 is 0 Å². The van der Waals surface area contributed by atoms with E-state index in [9.17, 15) is 0 Å². The maximum Gasteiger partial charge on any atom is 0.122 e. The van der Waals surface area contributed by atoms with E-state index < -0.39 is 5.54 Å². The van der Waals surface area contributed by atoms with Gasteiger partial charge in [0.2, 0.25) is 0 Å². The first-order chi connectivity index (χ1) is 8.85. The SMILES string of the molecule is Cc1cc(C)c(C)c(OCCCCC(C)(N)CO)c1. The van der Waals surface area contributed by atoms with Gasteiger partial charge >= 0.3 is 0 Å². The molecule has 0 bridgehead atoms. The molecule has 3 heteroatoms. The number of hydrogen-bond acceptors (Lipinski definition) is 3. The third-order valence-electron chi connectivity index (χ3n) is 3.53. The van der Waals surface area contributed by atoms with Crippen LogP contribution in [0.25, 0.3) is 0 Å². The monoisotopic (exact) mass is 265 g/mol. The van der Waals surface area contributed by atoms with E-state index in [1.807, 2.05) is 6.92 Å². The van der Waals surface area contributed by atoms with Crippen molar-refractivity contribution in [3.05, 3.63) is 28.8 Å². The van der Waals surface area contributed by atoms with E-state index >= 15 is 0 Å². The number of aliphatic hydroxyl groups is 1. The third kappa shape index (κ3) is 5.21. The van der Waals surface area contributed by atoms with Crippen LogP contribution in [0.2, 0.25) is 0 Å². The summed E-state index contributed by atoms with van der Waals surface area (Å²) in [6.45, 7) is 8.89. The quantitative estimate of drug-likeness (QED) is 0.745. The molecule has 0 aliphatic heterocycles. The number of ether oxygens (including phenoxy) is 1. The Labute approximate surface area is 116 Å². The Morgan fingerprint density at radius 3 is 2.53 bits per heavy atom. The van der Waals surface area contributed by atoms with E-state index in [1.54, 1.807) is 0 Å². The zero-order chi connectivity index (χ0) is 14.5. The molecule has 0 spiro atoms. The normalized spacial score (nSPS) is 14.2. The number of nitrogens with two attached hydrogens (primary N) is 1. The van der Waals surface area contributed by atoms with Gasteiger partial charge in [-0.1, -0.05) is 6.07 Å². The standard InChI is InChI=1S/C16H27NO2/c1-12-9-13(2)14(3)15(10-12)19-8-6-5-7-16(4,17)11-18/h9-10,18H,5-8,11,17H2,1-4H3. The maximum atomic E-state index is 9.07. The highest BCUT2D eigenvalue weighted by molar-refractivity contribution is 5.41. The van der Waals surface area contributed by atoms with Crippen LogP contribution in [0.3, 0.4) is 0 Å². The molecule has 0 saturated heterocycles. The van der Waals surface area contributed by atoms with Crippen LogP contribution in [0, 0.1) is 20.8 Å². The van der Waals surface area contributed by atoms with Gasteiger partial charge in [0, 0.05) is 5.54 Å². The fourth-order valence-corrected chi connectivity index (χ4v) is 2.04. The predicted molar refractivity (Wildman–Crippen MR) is 79.7 cm³/mol. The van der Waals surface area contributed by atoms with Crippen molar-refractivity contribution in [2.75, 3.05) is 13.2 Å². The van der Waals surface area contributed by atoms with Crippen LogP contribution in [0.15, 0.2) is 12.1 Å². The first-order valence-corrected chi connectivity index (χ1v) is 6.96. The van der Waals surface area contributed by atoms with Crippen LogP contribution in [0.5, 0.6) is 5.75 Å². The zero-order valence-electron chi connectivity index (χ0n) is 12.6. The van der Waals surface area contributed by atoms with Crippen LogP contribution in [0.1, 0.15) is 42.9 Å². The zero-order valence-corrected chi connectivity index (χ0v) is 12.6. The smallest absolute Gasteiger partial charge is 0.122 e. The van der Waals surface area contributed by atoms with Crippen molar-refractivity contribution in [2.24, 2.45) is 5.73 Å². The molecule has 1 rings (SSSR count). The molecule has 0 aliphatic carbocycles. The van der Waals surface area contributed by atoms with Crippen molar-refractivity contribution >= 4 is 0 Å². The summed E-state index contributed by atoms with van der Waals surface area (Å²) in [6, 6.07) is 4.26. The van der Waals surface area contributed by atoms with Crippen molar-refractivity contribution in [3.8, 4) is 5.75 Å². The summed E-state index contributed by atoms with van der Waals surface area (Å²) >= 11 is 0. The third-order valence-corrected chi connectivity index (χ3v) is 3.53. The van der Waals surface area contributed by atoms with E-state index in [2.05, 4.69) is 32.9 Å². The number of aryl methyl sites for hydroxylation is 2. The van der Waals surface area contributed by atoms with Crippen molar-refractivity contribution in [3.63, 3.8) is 0 Å². The Bertz CT molecular complexity index is 413. The minimum Gasteiger partial charge on any atom is -0.493 e. The fourth-order valence-electron chi connectivity index (χ4n) is 2.04. The van der Waals surface area contributed by atoms with Crippen LogP contribution in [-0.4, -0.2) is 23.9 Å². The lowest BCUT2D eigenvalue weighted by Gasteiger charge is -2.21. The Hall–Kier alpha value is -1.06. The molecule has 0 radical (unpaired) electrons. The highest BCUT2D eigenvalue weighted by atomic mass is 16.5. The lowest BCUT2D eigenvalue weighted by Crippen LogP contribution is -2.39. The van der Waals surface area contributed by atoms with Gasteiger partial charge in [-0.05, 0) is 69.7 Å². The molecule has 0 fully saturated rings. The van der Waals surface area contributed by atoms with E-state index in [4.69, 9.17) is 15.6 Å². The van der Waals surface area contributed by atoms with Gasteiger partial charge in [0.05, 0.1) is 13.2 Å². The molecule has 3 nitrogen and oxygen atoms in total. The summed E-state index contributed by atoms with van der Waals surface area (Å²) in [5.41, 5.74) is 9.13. The molecule has 3 N–H and O–H groups in total. The average molecular weight is 265 g/mol. The van der Waals surface area contributed by atoms with Gasteiger partial charge in [0.15, 0.2) is 0 Å². The van der Waals surface area contributed by atoms with Gasteiger partial charge in [0.1, 0.15) is 5.75 Å². The van der Waals surface area contributed by atoms with Crippen LogP contribution in [0.4, 0.5) is 0 Å². The van der Waals surface area contributed by atoms with E-state index in [0.29, 0.717) is 6.61 Å². The van der Waals surface area contributed by atoms with Gasteiger partial charge in [-0.3, -0.25) is 0 Å². The molecule has 0 heterocycles. The largest absolute Gasteiger partial charge is 0.493 e. The maximum absolute atomic E-state index is 9.07. The second-order valence-electron chi connectivity index (χ2n) is 5.82. The second kappa shape index (κ2) is 6.92. The molecule has 0 amide bonds. The predicted octanol–water partition coefficient (Wildman–Crippen LogP) is 2.87. The van der Waals surface area contributed by atoms with Gasteiger partial charge in [-0.25, -0.2) is 0 Å². The Balaban J connectivity index is 2.38. The van der Waals surface area contributed by atoms with Gasteiger partial charge in [0.25, 0.3) is 0 Å². The number of aliphatic hydroxyl groups excluding tert-OH is 1. The molecule has 108 valence electrons. The summed E-state index contributed by atoms with van der Waals surface area (Å²) in [7, 11) is 0. The molecular weight excluding hydrogens is 238 g/mol. The molecular formula is C16H27NO2. The molecule has 1 atom stereocenters. The Morgan fingerprint density at radius 1 is 1.21 bits per heavy atom. The highest BCUT2D eigenvalue weighted by Crippen LogP contribution is 2.23. The molecule has 1 aromatic carbocycles. The van der Waals surface area contributed by atoms with E-state index in [-0.39, 0.29) is 6.61 Å². The summed E-state index contributed by atoms with van der Waals surface area (Å²) in [5, 5.41) is 9.07. The molecule has 19 heavy (non-hydrogen) atoms. The second-order valence-corrected chi connectivity index (χ2v) is 5.82. The molecule has 0 aliphatic rings. The summed E-state index contributed by atoms with van der Waals surface area (Å²) in [4.78, 5) is 0. The summed E-state index contributed by atoms with van der Waals surface area (Å²) in [5.74, 6) is 0.982. The Kier molecular flexibility index (Phi) is 5.83. The van der Waals surface area contributed by atoms with Crippen LogP contribution in [-0.2, 0) is 0 Å². The first-order valence-electron chi connectivity index (χ1n) is 6.96. The fraction of sp³-hybridized carbons (Fsp3) is 0.625. The Morgan fingerprint density at radius 2 is 1.89 bits per heavy atom. The lowest BCUT2D eigenvalue weighted by atomic mass is 9.97. The number of unbranched alkanes of at least 4 members (excludes halogenated alkanes) is 1. The lowest BCUT2D eigenvalue weighted by molar-refractivity contribution is 0.194. The summed E-state index contributed by atoms with van der Waals surface area (Å²) in [6.07, 6.45) is 2.75. The topological polar surface area (TPSA) is 55.5 Å². The van der Waals surface area contributed by atoms with Gasteiger partial charge in [-0.2, -0.15) is 0 Å². The molecule has 1 unspecified atom stereocenters. The van der Waals surface area contributed by atoms with Crippen LogP contribution < -0.4 is 10.5 Å². The number of hydrogen-bond donors (Lipinski definition) is 2. The minimum absolute atomic E-state index is 0.0318. The van der Waals surface area contributed by atoms with Crippen molar-refractivity contribution in [1.29, 1.82) is 0 Å². The van der Waals surface area contributed by atoms with Gasteiger partial charge in [-0.15, -0.1) is 0 Å².